The van der Waals surface area contributed by atoms with Crippen LogP contribution in [0.25, 0.3) is 28.1 Å². The minimum absolute atomic E-state index is 0.0946. The van der Waals surface area contributed by atoms with E-state index in [1.807, 2.05) is 36.4 Å². The number of H-pyrrole nitrogens is 1. The first-order valence-electron chi connectivity index (χ1n) is 12.2. The van der Waals surface area contributed by atoms with Crippen molar-refractivity contribution in [2.24, 2.45) is 5.92 Å². The zero-order chi connectivity index (χ0) is 24.9. The molecule has 1 fully saturated rings. The lowest BCUT2D eigenvalue weighted by atomic mass is 9.73. The van der Waals surface area contributed by atoms with Gasteiger partial charge in [-0.25, -0.2) is 0 Å². The maximum absolute atomic E-state index is 14.4. The van der Waals surface area contributed by atoms with Gasteiger partial charge in [0.25, 0.3) is 0 Å². The SMILES string of the molecule is O=C(C=Cc1ccc(C(=C(c2ccccc2)C2CCC2)c2ccc3n[nH]c(F)c3c2)cc1)NCCO. The molecule has 0 bridgehead atoms. The number of benzene rings is 3. The quantitative estimate of drug-likeness (QED) is 0.227. The van der Waals surface area contributed by atoms with Crippen molar-refractivity contribution in [2.75, 3.05) is 13.2 Å². The number of halogens is 1. The number of carbonyl (C=O) groups excluding carboxylic acids is 1. The second-order valence-corrected chi connectivity index (χ2v) is 9.02. The minimum Gasteiger partial charge on any atom is -0.395 e. The molecule has 1 aliphatic rings. The summed E-state index contributed by atoms with van der Waals surface area (Å²) in [4.78, 5) is 11.9. The molecular weight excluding hydrogens is 453 g/mol. The first-order valence-corrected chi connectivity index (χ1v) is 12.2. The van der Waals surface area contributed by atoms with Crippen LogP contribution in [0.1, 0.15) is 41.5 Å². The molecular formula is C30H28FN3O2. The number of nitrogens with zero attached hydrogens (tertiary/aromatic N) is 1. The number of carbonyl (C=O) groups is 1. The Morgan fingerprint density at radius 1 is 1.03 bits per heavy atom. The van der Waals surface area contributed by atoms with Crippen molar-refractivity contribution < 1.29 is 14.3 Å². The first kappa shape index (κ1) is 23.7. The van der Waals surface area contributed by atoms with Gasteiger partial charge in [0.05, 0.1) is 17.5 Å². The van der Waals surface area contributed by atoms with E-state index >= 15 is 0 Å². The third kappa shape index (κ3) is 4.99. The molecule has 4 aromatic rings. The highest BCUT2D eigenvalue weighted by Crippen LogP contribution is 2.45. The third-order valence-electron chi connectivity index (χ3n) is 6.70. The molecule has 182 valence electrons. The number of aliphatic hydroxyl groups excluding tert-OH is 1. The third-order valence-corrected chi connectivity index (χ3v) is 6.70. The molecule has 6 heteroatoms. The fraction of sp³-hybridized carbons (Fsp3) is 0.200. The van der Waals surface area contributed by atoms with Gasteiger partial charge in [-0.05, 0) is 70.4 Å². The van der Waals surface area contributed by atoms with Gasteiger partial charge in [0.15, 0.2) is 0 Å². The van der Waals surface area contributed by atoms with Crippen molar-refractivity contribution >= 4 is 34.0 Å². The van der Waals surface area contributed by atoms with Crippen molar-refractivity contribution in [1.82, 2.24) is 15.5 Å². The molecule has 1 aliphatic carbocycles. The molecule has 1 heterocycles. The Kier molecular flexibility index (Phi) is 7.05. The van der Waals surface area contributed by atoms with Gasteiger partial charge in [0.2, 0.25) is 11.9 Å². The number of allylic oxidation sites excluding steroid dienone is 1. The topological polar surface area (TPSA) is 78.0 Å². The second-order valence-electron chi connectivity index (χ2n) is 9.02. The highest BCUT2D eigenvalue weighted by Gasteiger charge is 2.27. The fourth-order valence-corrected chi connectivity index (χ4v) is 4.68. The monoisotopic (exact) mass is 481 g/mol. The van der Waals surface area contributed by atoms with Gasteiger partial charge in [-0.3, -0.25) is 9.89 Å². The van der Waals surface area contributed by atoms with Crippen molar-refractivity contribution in [2.45, 2.75) is 19.3 Å². The van der Waals surface area contributed by atoms with Crippen LogP contribution < -0.4 is 5.32 Å². The maximum Gasteiger partial charge on any atom is 0.244 e. The fourth-order valence-electron chi connectivity index (χ4n) is 4.68. The Morgan fingerprint density at radius 2 is 1.78 bits per heavy atom. The molecule has 5 nitrogen and oxygen atoms in total. The van der Waals surface area contributed by atoms with E-state index in [1.54, 1.807) is 6.08 Å². The summed E-state index contributed by atoms with van der Waals surface area (Å²) in [6, 6.07) is 24.2. The van der Waals surface area contributed by atoms with Gasteiger partial charge in [-0.1, -0.05) is 67.1 Å². The Morgan fingerprint density at radius 3 is 2.47 bits per heavy atom. The number of rotatable bonds is 8. The molecule has 0 unspecified atom stereocenters. The average molecular weight is 482 g/mol. The van der Waals surface area contributed by atoms with E-state index < -0.39 is 5.95 Å². The maximum atomic E-state index is 14.4. The number of aromatic amines is 1. The summed E-state index contributed by atoms with van der Waals surface area (Å²) in [5, 5.41) is 18.4. The summed E-state index contributed by atoms with van der Waals surface area (Å²) in [5.74, 6) is -0.251. The van der Waals surface area contributed by atoms with Crippen LogP contribution in [0.5, 0.6) is 0 Å². The molecule has 3 aromatic carbocycles. The number of aliphatic hydroxyl groups is 1. The van der Waals surface area contributed by atoms with Crippen LogP contribution in [0, 0.1) is 11.9 Å². The van der Waals surface area contributed by atoms with Crippen LogP contribution in [0.2, 0.25) is 0 Å². The number of nitrogens with one attached hydrogen (secondary N) is 2. The molecule has 1 amide bonds. The lowest BCUT2D eigenvalue weighted by Crippen LogP contribution is -2.24. The summed E-state index contributed by atoms with van der Waals surface area (Å²) in [5.41, 5.74) is 7.00. The number of amides is 1. The van der Waals surface area contributed by atoms with Gasteiger partial charge >= 0.3 is 0 Å². The summed E-state index contributed by atoms with van der Waals surface area (Å²) in [6.45, 7) is 0.129. The Bertz CT molecular complexity index is 1420. The zero-order valence-corrected chi connectivity index (χ0v) is 19.9. The molecule has 0 atom stereocenters. The van der Waals surface area contributed by atoms with Crippen LogP contribution in [-0.4, -0.2) is 34.4 Å². The average Bonchev–Trinajstić information content (AvgIpc) is 3.26. The molecule has 3 N–H and O–H groups in total. The highest BCUT2D eigenvalue weighted by molar-refractivity contribution is 6.01. The van der Waals surface area contributed by atoms with E-state index in [-0.39, 0.29) is 19.1 Å². The molecule has 0 radical (unpaired) electrons. The molecule has 1 aromatic heterocycles. The minimum atomic E-state index is -0.434. The smallest absolute Gasteiger partial charge is 0.244 e. The standard InChI is InChI=1S/C30H28FN3O2/c31-30-25-19-24(14-15-26(25)33-34-30)29(28(22-7-4-8-22)21-5-2-1-3-6-21)23-12-9-20(10-13-23)11-16-27(36)32-17-18-35/h1-3,5-6,9-16,19,22,35H,4,7-8,17-18H2,(H,32,36)(H,33,34). The van der Waals surface area contributed by atoms with E-state index in [4.69, 9.17) is 5.11 Å². The van der Waals surface area contributed by atoms with E-state index in [2.05, 4.69) is 51.9 Å². The highest BCUT2D eigenvalue weighted by atomic mass is 19.1. The zero-order valence-electron chi connectivity index (χ0n) is 19.9. The molecule has 1 saturated carbocycles. The van der Waals surface area contributed by atoms with Crippen LogP contribution in [0.4, 0.5) is 4.39 Å². The molecule has 0 spiro atoms. The van der Waals surface area contributed by atoms with E-state index in [9.17, 15) is 9.18 Å². The predicted molar refractivity (Wildman–Crippen MR) is 141 cm³/mol. The van der Waals surface area contributed by atoms with Crippen LogP contribution >= 0.6 is 0 Å². The Hall–Kier alpha value is -4.03. The Balaban J connectivity index is 1.61. The van der Waals surface area contributed by atoms with Crippen molar-refractivity contribution in [3.8, 4) is 0 Å². The van der Waals surface area contributed by atoms with Crippen LogP contribution in [0.3, 0.4) is 0 Å². The van der Waals surface area contributed by atoms with Gasteiger partial charge in [-0.15, -0.1) is 0 Å². The van der Waals surface area contributed by atoms with Crippen molar-refractivity contribution in [3.63, 3.8) is 0 Å². The largest absolute Gasteiger partial charge is 0.395 e. The van der Waals surface area contributed by atoms with Crippen LogP contribution in [0.15, 0.2) is 78.9 Å². The molecule has 36 heavy (non-hydrogen) atoms. The second kappa shape index (κ2) is 10.7. The lowest BCUT2D eigenvalue weighted by Gasteiger charge is -2.31. The number of fused-ring (bicyclic) bond motifs is 1. The van der Waals surface area contributed by atoms with E-state index in [0.29, 0.717) is 16.8 Å². The first-order chi connectivity index (χ1) is 17.6. The molecule has 0 aliphatic heterocycles. The van der Waals surface area contributed by atoms with Gasteiger partial charge in [0.1, 0.15) is 0 Å². The van der Waals surface area contributed by atoms with E-state index in [1.165, 1.54) is 23.6 Å². The molecule has 5 rings (SSSR count). The lowest BCUT2D eigenvalue weighted by molar-refractivity contribution is -0.116. The normalized spacial score (nSPS) is 14.6. The van der Waals surface area contributed by atoms with Gasteiger partial charge in [0, 0.05) is 12.6 Å². The summed E-state index contributed by atoms with van der Waals surface area (Å²) >= 11 is 0. The van der Waals surface area contributed by atoms with Crippen molar-refractivity contribution in [1.29, 1.82) is 0 Å². The molecule has 0 saturated heterocycles. The van der Waals surface area contributed by atoms with E-state index in [0.717, 1.165) is 35.1 Å². The van der Waals surface area contributed by atoms with Crippen molar-refractivity contribution in [3.05, 3.63) is 107 Å². The van der Waals surface area contributed by atoms with Gasteiger partial charge < -0.3 is 10.4 Å². The summed E-state index contributed by atoms with van der Waals surface area (Å²) in [6.07, 6.45) is 6.66. The van der Waals surface area contributed by atoms with Gasteiger partial charge in [-0.2, -0.15) is 9.49 Å². The number of hydrogen-bond acceptors (Lipinski definition) is 3. The Labute approximate surface area is 209 Å². The summed E-state index contributed by atoms with van der Waals surface area (Å²) < 4.78 is 14.4. The predicted octanol–water partition coefficient (Wildman–Crippen LogP) is 5.58. The number of hydrogen-bond donors (Lipinski definition) is 3. The number of aromatic nitrogens is 2. The summed E-state index contributed by atoms with van der Waals surface area (Å²) in [7, 11) is 0. The van der Waals surface area contributed by atoms with Crippen LogP contribution in [-0.2, 0) is 4.79 Å².